The summed E-state index contributed by atoms with van der Waals surface area (Å²) in [6.45, 7) is 1.73. The molecule has 0 saturated heterocycles. The third-order valence-electron chi connectivity index (χ3n) is 2.88. The van der Waals surface area contributed by atoms with E-state index in [-0.39, 0.29) is 6.42 Å². The zero-order valence-electron chi connectivity index (χ0n) is 10.7. The van der Waals surface area contributed by atoms with Crippen molar-refractivity contribution >= 4 is 21.7 Å². The van der Waals surface area contributed by atoms with E-state index >= 15 is 0 Å². The average molecular weight is 347 g/mol. The molecule has 0 amide bonds. The number of hydrogen-bond donors (Lipinski definition) is 0. The van der Waals surface area contributed by atoms with Gasteiger partial charge in [-0.3, -0.25) is 9.48 Å². The highest BCUT2D eigenvalue weighted by atomic mass is 79.9. The topological polar surface area (TPSA) is 34.9 Å². The van der Waals surface area contributed by atoms with Gasteiger partial charge in [-0.05, 0) is 22.9 Å². The number of carbonyl (C=O) groups excluding carboxylic acids is 1. The first kappa shape index (κ1) is 14.8. The molecule has 0 aliphatic rings. The number of carbonyl (C=O) groups is 1. The third kappa shape index (κ3) is 2.63. The molecule has 1 aromatic heterocycles. The number of rotatable bonds is 3. The minimum atomic E-state index is -1.21. The number of nitrogens with zero attached hydrogens (tertiary/aromatic N) is 2. The Morgan fingerprint density at radius 2 is 1.85 bits per heavy atom. The molecule has 0 atom stereocenters. The molecule has 3 nitrogen and oxygen atoms in total. The van der Waals surface area contributed by atoms with Gasteiger partial charge in [0.2, 0.25) is 0 Å². The molecule has 1 heterocycles. The zero-order chi connectivity index (χ0) is 15.0. The van der Waals surface area contributed by atoms with Gasteiger partial charge in [-0.15, -0.1) is 0 Å². The minimum Gasteiger partial charge on any atom is -0.294 e. The van der Waals surface area contributed by atoms with Gasteiger partial charge in [-0.2, -0.15) is 5.10 Å². The molecule has 0 aliphatic heterocycles. The zero-order valence-corrected chi connectivity index (χ0v) is 12.3. The number of ketones is 1. The fourth-order valence-electron chi connectivity index (χ4n) is 1.92. The smallest absolute Gasteiger partial charge is 0.174 e. The molecule has 0 saturated carbocycles. The summed E-state index contributed by atoms with van der Waals surface area (Å²) >= 11 is 3.27. The standard InChI is InChI=1S/C13H10BrF3N2O/c1-6-13(14)10(19(2)18-6)5-11(20)12-8(16)3-7(15)4-9(12)17/h3-4H,5H2,1-2H3. The van der Waals surface area contributed by atoms with E-state index < -0.39 is 28.8 Å². The van der Waals surface area contributed by atoms with Crippen LogP contribution in [0.3, 0.4) is 0 Å². The van der Waals surface area contributed by atoms with E-state index in [1.165, 1.54) is 4.68 Å². The molecule has 2 rings (SSSR count). The van der Waals surface area contributed by atoms with E-state index in [1.807, 2.05) is 0 Å². The van der Waals surface area contributed by atoms with Crippen molar-refractivity contribution in [1.82, 2.24) is 9.78 Å². The van der Waals surface area contributed by atoms with Gasteiger partial charge < -0.3 is 0 Å². The number of Topliss-reactive ketones (excluding diaryl/α,β-unsaturated/α-hetero) is 1. The Kier molecular flexibility index (Phi) is 3.99. The second-order valence-electron chi connectivity index (χ2n) is 4.31. The predicted octanol–water partition coefficient (Wildman–Crippen LogP) is 3.33. The Morgan fingerprint density at radius 1 is 1.30 bits per heavy atom. The van der Waals surface area contributed by atoms with Gasteiger partial charge in [0.15, 0.2) is 5.78 Å². The molecule has 0 bridgehead atoms. The highest BCUT2D eigenvalue weighted by Gasteiger charge is 2.22. The van der Waals surface area contributed by atoms with Crippen molar-refractivity contribution in [3.05, 3.63) is 51.0 Å². The van der Waals surface area contributed by atoms with Crippen LogP contribution in [0.5, 0.6) is 0 Å². The van der Waals surface area contributed by atoms with Crippen LogP contribution in [0, 0.1) is 24.4 Å². The fraction of sp³-hybridized carbons (Fsp3) is 0.231. The second kappa shape index (κ2) is 5.40. The minimum absolute atomic E-state index is 0.239. The number of aromatic nitrogens is 2. The normalized spacial score (nSPS) is 10.9. The number of benzene rings is 1. The van der Waals surface area contributed by atoms with Crippen LogP contribution in [0.2, 0.25) is 0 Å². The first-order valence-corrected chi connectivity index (χ1v) is 6.46. The lowest BCUT2D eigenvalue weighted by Gasteiger charge is -2.06. The van der Waals surface area contributed by atoms with E-state index in [9.17, 15) is 18.0 Å². The summed E-state index contributed by atoms with van der Waals surface area (Å²) in [5, 5.41) is 4.09. The van der Waals surface area contributed by atoms with Crippen LogP contribution in [-0.4, -0.2) is 15.6 Å². The van der Waals surface area contributed by atoms with Crippen molar-refractivity contribution < 1.29 is 18.0 Å². The van der Waals surface area contributed by atoms with Gasteiger partial charge in [-0.1, -0.05) is 0 Å². The lowest BCUT2D eigenvalue weighted by molar-refractivity contribution is 0.0982. The van der Waals surface area contributed by atoms with Crippen molar-refractivity contribution in [2.45, 2.75) is 13.3 Å². The van der Waals surface area contributed by atoms with Crippen molar-refractivity contribution in [2.75, 3.05) is 0 Å². The summed E-state index contributed by atoms with van der Waals surface area (Å²) in [7, 11) is 1.62. The Labute approximate surface area is 121 Å². The van der Waals surface area contributed by atoms with Gasteiger partial charge in [-0.25, -0.2) is 13.2 Å². The van der Waals surface area contributed by atoms with Crippen molar-refractivity contribution in [1.29, 1.82) is 0 Å². The summed E-state index contributed by atoms with van der Waals surface area (Å²) in [4.78, 5) is 12.0. The molecule has 106 valence electrons. The maximum atomic E-state index is 13.5. The van der Waals surface area contributed by atoms with Gasteiger partial charge in [0, 0.05) is 19.2 Å². The summed E-state index contributed by atoms with van der Waals surface area (Å²) in [5.41, 5.74) is 0.420. The summed E-state index contributed by atoms with van der Waals surface area (Å²) in [5.74, 6) is -4.25. The Bertz CT molecular complexity index is 674. The van der Waals surface area contributed by atoms with E-state index in [2.05, 4.69) is 21.0 Å². The van der Waals surface area contributed by atoms with Gasteiger partial charge >= 0.3 is 0 Å². The molecule has 0 fully saturated rings. The Morgan fingerprint density at radius 3 is 2.30 bits per heavy atom. The predicted molar refractivity (Wildman–Crippen MR) is 70.0 cm³/mol. The molecule has 0 radical (unpaired) electrons. The molecular weight excluding hydrogens is 337 g/mol. The van der Waals surface area contributed by atoms with Crippen LogP contribution in [-0.2, 0) is 13.5 Å². The molecule has 0 N–H and O–H groups in total. The maximum Gasteiger partial charge on any atom is 0.174 e. The molecule has 20 heavy (non-hydrogen) atoms. The quantitative estimate of drug-likeness (QED) is 0.799. The SMILES string of the molecule is Cc1nn(C)c(CC(=O)c2c(F)cc(F)cc2F)c1Br. The van der Waals surface area contributed by atoms with Crippen LogP contribution in [0.15, 0.2) is 16.6 Å². The number of hydrogen-bond acceptors (Lipinski definition) is 2. The van der Waals surface area contributed by atoms with E-state index in [0.717, 1.165) is 0 Å². The second-order valence-corrected chi connectivity index (χ2v) is 5.11. The first-order valence-electron chi connectivity index (χ1n) is 5.67. The van der Waals surface area contributed by atoms with E-state index in [1.54, 1.807) is 14.0 Å². The highest BCUT2D eigenvalue weighted by Crippen LogP contribution is 2.23. The van der Waals surface area contributed by atoms with Crippen LogP contribution < -0.4 is 0 Å². The Hall–Kier alpha value is -1.63. The van der Waals surface area contributed by atoms with Crippen molar-refractivity contribution in [2.24, 2.45) is 7.05 Å². The lowest BCUT2D eigenvalue weighted by Crippen LogP contribution is -2.12. The summed E-state index contributed by atoms with van der Waals surface area (Å²) in [6, 6.07) is 0.972. The summed E-state index contributed by atoms with van der Waals surface area (Å²) < 4.78 is 42.0. The van der Waals surface area contributed by atoms with Gasteiger partial charge in [0.25, 0.3) is 0 Å². The molecule has 1 aromatic carbocycles. The van der Waals surface area contributed by atoms with Gasteiger partial charge in [0.1, 0.15) is 17.5 Å². The Balaban J connectivity index is 2.38. The molecular formula is C13H10BrF3N2O. The maximum absolute atomic E-state index is 13.5. The van der Waals surface area contributed by atoms with Crippen LogP contribution in [0.25, 0.3) is 0 Å². The summed E-state index contributed by atoms with van der Waals surface area (Å²) in [6.07, 6.45) is -0.239. The van der Waals surface area contributed by atoms with Crippen LogP contribution >= 0.6 is 15.9 Å². The monoisotopic (exact) mass is 346 g/mol. The molecule has 2 aromatic rings. The third-order valence-corrected chi connectivity index (χ3v) is 3.91. The molecule has 7 heteroatoms. The van der Waals surface area contributed by atoms with Crippen LogP contribution in [0.4, 0.5) is 13.2 Å². The number of aryl methyl sites for hydroxylation is 2. The molecule has 0 unspecified atom stereocenters. The number of halogens is 4. The van der Waals surface area contributed by atoms with Crippen molar-refractivity contribution in [3.8, 4) is 0 Å². The molecule has 0 spiro atoms. The fourth-order valence-corrected chi connectivity index (χ4v) is 2.40. The first-order chi connectivity index (χ1) is 9.31. The largest absolute Gasteiger partial charge is 0.294 e. The molecule has 0 aliphatic carbocycles. The van der Waals surface area contributed by atoms with E-state index in [4.69, 9.17) is 0 Å². The lowest BCUT2D eigenvalue weighted by atomic mass is 10.0. The van der Waals surface area contributed by atoms with Crippen LogP contribution in [0.1, 0.15) is 21.7 Å². The van der Waals surface area contributed by atoms with Crippen molar-refractivity contribution in [3.63, 3.8) is 0 Å². The van der Waals surface area contributed by atoms with E-state index in [0.29, 0.717) is 28.0 Å². The average Bonchev–Trinajstić information content (AvgIpc) is 2.54. The highest BCUT2D eigenvalue weighted by molar-refractivity contribution is 9.10. The van der Waals surface area contributed by atoms with Gasteiger partial charge in [0.05, 0.1) is 27.8 Å².